The van der Waals surface area contributed by atoms with Gasteiger partial charge in [0, 0.05) is 17.6 Å². The molecule has 3 N–H and O–H groups in total. The van der Waals surface area contributed by atoms with Gasteiger partial charge in [0.15, 0.2) is 10.8 Å². The minimum absolute atomic E-state index is 0.182. The van der Waals surface area contributed by atoms with Crippen molar-refractivity contribution >= 4 is 43.5 Å². The van der Waals surface area contributed by atoms with Crippen molar-refractivity contribution in [3.63, 3.8) is 0 Å². The summed E-state index contributed by atoms with van der Waals surface area (Å²) in [5.74, 6) is 0.456. The van der Waals surface area contributed by atoms with Crippen LogP contribution in [0.15, 0.2) is 24.5 Å². The summed E-state index contributed by atoms with van der Waals surface area (Å²) in [7, 11) is 0. The number of hydrogen-bond acceptors (Lipinski definition) is 7. The minimum atomic E-state index is 0.182. The van der Waals surface area contributed by atoms with Crippen LogP contribution in [0.2, 0.25) is 0 Å². The molecule has 0 atom stereocenters. The molecule has 0 spiro atoms. The van der Waals surface area contributed by atoms with Gasteiger partial charge in [0.2, 0.25) is 0 Å². The largest absolute Gasteiger partial charge is 0.383 e. The molecule has 3 heterocycles. The lowest BCUT2D eigenvalue weighted by molar-refractivity contribution is 0.548. The molecule has 8 heteroatoms. The number of thiazole rings is 1. The summed E-state index contributed by atoms with van der Waals surface area (Å²) in [4.78, 5) is 13.2. The molecule has 0 radical (unpaired) electrons. The zero-order valence-electron chi connectivity index (χ0n) is 14.6. The molecular formula is C18H19N7S. The van der Waals surface area contributed by atoms with Crippen LogP contribution in [0.1, 0.15) is 32.7 Å². The highest BCUT2D eigenvalue weighted by molar-refractivity contribution is 7.22. The molecule has 7 nitrogen and oxygen atoms in total. The van der Waals surface area contributed by atoms with Gasteiger partial charge in [-0.05, 0) is 38.8 Å². The van der Waals surface area contributed by atoms with E-state index in [4.69, 9.17) is 10.8 Å². The quantitative estimate of drug-likeness (QED) is 0.570. The molecule has 3 aromatic heterocycles. The monoisotopic (exact) mass is 365 g/mol. The van der Waals surface area contributed by atoms with E-state index in [9.17, 15) is 0 Å². The first kappa shape index (κ1) is 15.5. The first-order valence-electron chi connectivity index (χ1n) is 8.76. The van der Waals surface area contributed by atoms with Gasteiger partial charge in [-0.2, -0.15) is 5.10 Å². The van der Waals surface area contributed by atoms with Gasteiger partial charge >= 0.3 is 0 Å². The lowest BCUT2D eigenvalue weighted by Gasteiger charge is -2.05. The van der Waals surface area contributed by atoms with Crippen LogP contribution < -0.4 is 11.1 Å². The van der Waals surface area contributed by atoms with Crippen molar-refractivity contribution in [3.05, 3.63) is 24.5 Å². The number of fused-ring (bicyclic) bond motifs is 2. The fourth-order valence-electron chi connectivity index (χ4n) is 3.09. The van der Waals surface area contributed by atoms with Crippen LogP contribution in [0.25, 0.3) is 32.5 Å². The Morgan fingerprint density at radius 1 is 1.27 bits per heavy atom. The Morgan fingerprint density at radius 2 is 2.12 bits per heavy atom. The molecule has 0 bridgehead atoms. The number of nitrogens with one attached hydrogen (secondary N) is 1. The van der Waals surface area contributed by atoms with Crippen LogP contribution >= 0.6 is 11.3 Å². The third-order valence-electron chi connectivity index (χ3n) is 4.57. The molecule has 0 aliphatic heterocycles. The van der Waals surface area contributed by atoms with Crippen molar-refractivity contribution < 1.29 is 0 Å². The van der Waals surface area contributed by atoms with Crippen LogP contribution in [-0.2, 0) is 0 Å². The maximum Gasteiger partial charge on any atom is 0.184 e. The van der Waals surface area contributed by atoms with Gasteiger partial charge < -0.3 is 11.1 Å². The van der Waals surface area contributed by atoms with Gasteiger partial charge in [-0.25, -0.2) is 19.6 Å². The number of aromatic nitrogens is 5. The van der Waals surface area contributed by atoms with E-state index in [1.165, 1.54) is 19.2 Å². The Morgan fingerprint density at radius 3 is 2.88 bits per heavy atom. The molecule has 1 saturated carbocycles. The van der Waals surface area contributed by atoms with Gasteiger partial charge in [-0.3, -0.25) is 0 Å². The Balaban J connectivity index is 1.66. The maximum atomic E-state index is 6.16. The third-order valence-corrected chi connectivity index (χ3v) is 5.52. The van der Waals surface area contributed by atoms with E-state index in [1.807, 2.05) is 16.8 Å². The van der Waals surface area contributed by atoms with E-state index in [0.29, 0.717) is 11.9 Å². The number of anilines is 2. The summed E-state index contributed by atoms with van der Waals surface area (Å²) in [6, 6.07) is 6.99. The highest BCUT2D eigenvalue weighted by Crippen LogP contribution is 2.36. The topological polar surface area (TPSA) is 94.5 Å². The van der Waals surface area contributed by atoms with E-state index in [-0.39, 0.29) is 6.04 Å². The molecule has 5 rings (SSSR count). The second kappa shape index (κ2) is 5.63. The van der Waals surface area contributed by atoms with Gasteiger partial charge in [0.1, 0.15) is 17.8 Å². The standard InChI is InChI=1S/C18H19N7S/c1-9(2)25-17-14(16(19)20-8-21-17)15(24-25)10-3-6-12-13(7-10)26-18(23-12)22-11-4-5-11/h3,6-9,11H,4-5H2,1-2H3,(H,22,23)(H2,19,20,21). The van der Waals surface area contributed by atoms with E-state index in [0.717, 1.165) is 37.6 Å². The van der Waals surface area contributed by atoms with E-state index in [1.54, 1.807) is 11.3 Å². The average Bonchev–Trinajstić information content (AvgIpc) is 3.19. The number of nitrogens with two attached hydrogens (primary N) is 1. The van der Waals surface area contributed by atoms with Crippen molar-refractivity contribution in [2.75, 3.05) is 11.1 Å². The second-order valence-electron chi connectivity index (χ2n) is 6.96. The molecule has 0 amide bonds. The van der Waals surface area contributed by atoms with E-state index < -0.39 is 0 Å². The van der Waals surface area contributed by atoms with Crippen molar-refractivity contribution in [2.24, 2.45) is 0 Å². The Labute approximate surface area is 154 Å². The van der Waals surface area contributed by atoms with Crippen LogP contribution in [0, 0.1) is 0 Å². The van der Waals surface area contributed by atoms with Crippen molar-refractivity contribution in [1.82, 2.24) is 24.7 Å². The normalized spacial score (nSPS) is 14.6. The van der Waals surface area contributed by atoms with Crippen molar-refractivity contribution in [3.8, 4) is 11.3 Å². The van der Waals surface area contributed by atoms with Gasteiger partial charge in [-0.15, -0.1) is 0 Å². The highest BCUT2D eigenvalue weighted by Gasteiger charge is 2.23. The number of hydrogen-bond donors (Lipinski definition) is 2. The maximum absolute atomic E-state index is 6.16. The Hall–Kier alpha value is -2.74. The van der Waals surface area contributed by atoms with E-state index in [2.05, 4.69) is 40.2 Å². The zero-order chi connectivity index (χ0) is 17.8. The summed E-state index contributed by atoms with van der Waals surface area (Å²) in [5.41, 5.74) is 9.75. The molecule has 0 unspecified atom stereocenters. The molecular weight excluding hydrogens is 346 g/mol. The molecule has 1 aliphatic carbocycles. The van der Waals surface area contributed by atoms with Gasteiger partial charge in [0.05, 0.1) is 15.6 Å². The summed E-state index contributed by atoms with van der Waals surface area (Å²) in [6.45, 7) is 4.16. The van der Waals surface area contributed by atoms with E-state index >= 15 is 0 Å². The Kier molecular flexibility index (Phi) is 3.36. The van der Waals surface area contributed by atoms with Crippen molar-refractivity contribution in [1.29, 1.82) is 0 Å². The van der Waals surface area contributed by atoms with Gasteiger partial charge in [-0.1, -0.05) is 17.4 Å². The molecule has 1 fully saturated rings. The molecule has 132 valence electrons. The lowest BCUT2D eigenvalue weighted by Crippen LogP contribution is -2.04. The summed E-state index contributed by atoms with van der Waals surface area (Å²) < 4.78 is 3.04. The van der Waals surface area contributed by atoms with Crippen LogP contribution in [0.3, 0.4) is 0 Å². The number of nitrogens with zero attached hydrogens (tertiary/aromatic N) is 5. The lowest BCUT2D eigenvalue weighted by atomic mass is 10.1. The van der Waals surface area contributed by atoms with Crippen LogP contribution in [0.4, 0.5) is 10.9 Å². The third kappa shape index (κ3) is 2.48. The first-order chi connectivity index (χ1) is 12.6. The molecule has 4 aromatic rings. The smallest absolute Gasteiger partial charge is 0.184 e. The predicted octanol–water partition coefficient (Wildman–Crippen LogP) is 3.84. The molecule has 0 saturated heterocycles. The fourth-order valence-corrected chi connectivity index (χ4v) is 4.08. The fraction of sp³-hybridized carbons (Fsp3) is 0.333. The summed E-state index contributed by atoms with van der Waals surface area (Å²) >= 11 is 1.68. The summed E-state index contributed by atoms with van der Waals surface area (Å²) in [6.07, 6.45) is 3.96. The minimum Gasteiger partial charge on any atom is -0.383 e. The predicted molar refractivity (Wildman–Crippen MR) is 105 cm³/mol. The van der Waals surface area contributed by atoms with Crippen LogP contribution in [-0.4, -0.2) is 30.8 Å². The summed E-state index contributed by atoms with van der Waals surface area (Å²) in [5, 5.41) is 10.1. The number of benzene rings is 1. The van der Waals surface area contributed by atoms with Gasteiger partial charge in [0.25, 0.3) is 0 Å². The molecule has 1 aliphatic rings. The zero-order valence-corrected chi connectivity index (χ0v) is 15.4. The Bertz CT molecular complexity index is 1120. The SMILES string of the molecule is CC(C)n1nc(-c2ccc3nc(NC4CC4)sc3c2)c2c(N)ncnc21. The number of nitrogen functional groups attached to an aromatic ring is 1. The van der Waals surface area contributed by atoms with Crippen molar-refractivity contribution in [2.45, 2.75) is 38.8 Å². The molecule has 26 heavy (non-hydrogen) atoms. The number of rotatable bonds is 4. The average molecular weight is 365 g/mol. The highest BCUT2D eigenvalue weighted by atomic mass is 32.1. The second-order valence-corrected chi connectivity index (χ2v) is 8.00. The molecule has 1 aromatic carbocycles. The first-order valence-corrected chi connectivity index (χ1v) is 9.58. The van der Waals surface area contributed by atoms with Crippen LogP contribution in [0.5, 0.6) is 0 Å².